The fraction of sp³-hybridized carbons (Fsp3) is 0.435. The summed E-state index contributed by atoms with van der Waals surface area (Å²) in [6.07, 6.45) is 8.03. The number of hydrogen-bond acceptors (Lipinski definition) is 1. The van der Waals surface area contributed by atoms with E-state index in [0.29, 0.717) is 12.2 Å². The number of carbonyl (C=O) groups excluding carboxylic acids is 1. The Morgan fingerprint density at radius 2 is 1.68 bits per heavy atom. The Hall–Kier alpha value is -1.93. The Labute approximate surface area is 150 Å². The van der Waals surface area contributed by atoms with Crippen molar-refractivity contribution in [1.29, 1.82) is 0 Å². The molecule has 25 heavy (non-hydrogen) atoms. The minimum absolute atomic E-state index is 0.312. The van der Waals surface area contributed by atoms with E-state index in [-0.39, 0.29) is 0 Å². The summed E-state index contributed by atoms with van der Waals surface area (Å²) in [5.41, 5.74) is 6.23. The zero-order chi connectivity index (χ0) is 17.1. The smallest absolute Gasteiger partial charge is 0.162 e. The summed E-state index contributed by atoms with van der Waals surface area (Å²) >= 11 is 0. The second kappa shape index (κ2) is 7.53. The highest BCUT2D eigenvalue weighted by Crippen LogP contribution is 2.36. The van der Waals surface area contributed by atoms with E-state index < -0.39 is 0 Å². The van der Waals surface area contributed by atoms with E-state index in [1.165, 1.54) is 67.6 Å². The largest absolute Gasteiger partial charge is 0.335 e. The Bertz CT molecular complexity index is 758. The molecule has 1 aliphatic carbocycles. The second-order valence-corrected chi connectivity index (χ2v) is 7.65. The van der Waals surface area contributed by atoms with Crippen molar-refractivity contribution in [2.45, 2.75) is 44.9 Å². The molecule has 2 aromatic rings. The second-order valence-electron chi connectivity index (χ2n) is 7.65. The number of benzene rings is 2. The van der Waals surface area contributed by atoms with E-state index >= 15 is 0 Å². The van der Waals surface area contributed by atoms with Gasteiger partial charge in [-0.3, -0.25) is 4.79 Å². The van der Waals surface area contributed by atoms with Crippen LogP contribution in [0.5, 0.6) is 0 Å². The van der Waals surface area contributed by atoms with Crippen LogP contribution in [-0.2, 0) is 6.42 Å². The zero-order valence-electron chi connectivity index (χ0n) is 15.0. The summed E-state index contributed by atoms with van der Waals surface area (Å²) in [5.74, 6) is 0.312. The summed E-state index contributed by atoms with van der Waals surface area (Å²) in [4.78, 5) is 14.3. The molecule has 0 atom stereocenters. The Morgan fingerprint density at radius 1 is 0.880 bits per heavy atom. The molecule has 1 saturated heterocycles. The lowest BCUT2D eigenvalue weighted by Crippen LogP contribution is -3.12. The minimum Gasteiger partial charge on any atom is -0.335 e. The normalized spacial score (nSPS) is 16.5. The van der Waals surface area contributed by atoms with E-state index in [9.17, 15) is 4.79 Å². The van der Waals surface area contributed by atoms with Crippen molar-refractivity contribution in [2.24, 2.45) is 0 Å². The van der Waals surface area contributed by atoms with Gasteiger partial charge in [-0.15, -0.1) is 0 Å². The summed E-state index contributed by atoms with van der Waals surface area (Å²) < 4.78 is 0. The zero-order valence-corrected chi connectivity index (χ0v) is 15.0. The monoisotopic (exact) mass is 334 g/mol. The van der Waals surface area contributed by atoms with E-state index in [0.717, 1.165) is 18.4 Å². The third-order valence-corrected chi connectivity index (χ3v) is 5.86. The number of piperidine rings is 1. The predicted molar refractivity (Wildman–Crippen MR) is 102 cm³/mol. The van der Waals surface area contributed by atoms with Crippen molar-refractivity contribution in [3.63, 3.8) is 0 Å². The molecule has 1 heterocycles. The van der Waals surface area contributed by atoms with Crippen LogP contribution in [-0.4, -0.2) is 25.4 Å². The van der Waals surface area contributed by atoms with Gasteiger partial charge in [0.05, 0.1) is 19.6 Å². The number of fused-ring (bicyclic) bond motifs is 3. The first-order valence-corrected chi connectivity index (χ1v) is 9.89. The van der Waals surface area contributed by atoms with Crippen molar-refractivity contribution in [2.75, 3.05) is 19.6 Å². The topological polar surface area (TPSA) is 21.5 Å². The lowest BCUT2D eigenvalue weighted by Gasteiger charge is -2.23. The van der Waals surface area contributed by atoms with Crippen LogP contribution in [0, 0.1) is 0 Å². The predicted octanol–water partition coefficient (Wildman–Crippen LogP) is 3.68. The van der Waals surface area contributed by atoms with Gasteiger partial charge in [0.25, 0.3) is 0 Å². The number of ketones is 1. The van der Waals surface area contributed by atoms with E-state index in [4.69, 9.17) is 0 Å². The Morgan fingerprint density at radius 3 is 2.56 bits per heavy atom. The number of hydrogen-bond donors (Lipinski definition) is 1. The number of Topliss-reactive ketones (excluding diaryl/α,β-unsaturated/α-hetero) is 1. The molecular formula is C23H28NO+. The maximum Gasteiger partial charge on any atom is 0.162 e. The lowest BCUT2D eigenvalue weighted by atomic mass is 9.99. The summed E-state index contributed by atoms with van der Waals surface area (Å²) in [6, 6.07) is 14.9. The molecule has 1 N–H and O–H groups in total. The molecule has 0 amide bonds. The number of nitrogens with one attached hydrogen (secondary N) is 1. The van der Waals surface area contributed by atoms with Gasteiger partial charge in [-0.2, -0.15) is 0 Å². The molecule has 0 spiro atoms. The van der Waals surface area contributed by atoms with Crippen molar-refractivity contribution >= 4 is 5.78 Å². The van der Waals surface area contributed by atoms with Gasteiger partial charge in [-0.25, -0.2) is 0 Å². The molecule has 0 aromatic heterocycles. The van der Waals surface area contributed by atoms with Gasteiger partial charge in [0.1, 0.15) is 0 Å². The highest BCUT2D eigenvalue weighted by molar-refractivity contribution is 5.97. The standard InChI is InChI=1S/C23H27NO/c25-23(10-4-7-15-24-13-5-1-6-14-24)19-11-12-22-20(17-19)16-18-8-2-3-9-21(18)22/h2-3,8-9,11-12,17H,1,4-7,10,13-16H2/p+1. The van der Waals surface area contributed by atoms with Crippen LogP contribution in [0.15, 0.2) is 42.5 Å². The molecule has 2 heteroatoms. The summed E-state index contributed by atoms with van der Waals surface area (Å²) in [6.45, 7) is 3.91. The van der Waals surface area contributed by atoms with Crippen LogP contribution in [0.2, 0.25) is 0 Å². The molecule has 0 unspecified atom stereocenters. The molecular weight excluding hydrogens is 306 g/mol. The maximum absolute atomic E-state index is 12.6. The average molecular weight is 334 g/mol. The van der Waals surface area contributed by atoms with Crippen molar-refractivity contribution in [3.8, 4) is 11.1 Å². The third kappa shape index (κ3) is 3.69. The number of quaternary nitrogens is 1. The third-order valence-electron chi connectivity index (χ3n) is 5.86. The number of carbonyl (C=O) groups is 1. The van der Waals surface area contributed by atoms with Gasteiger partial charge < -0.3 is 4.90 Å². The Kier molecular flexibility index (Phi) is 4.98. The fourth-order valence-electron chi connectivity index (χ4n) is 4.43. The number of unbranched alkanes of at least 4 members (excludes halogenated alkanes) is 1. The highest BCUT2D eigenvalue weighted by Gasteiger charge is 2.19. The van der Waals surface area contributed by atoms with Crippen molar-refractivity contribution in [3.05, 3.63) is 59.2 Å². The maximum atomic E-state index is 12.6. The van der Waals surface area contributed by atoms with Gasteiger partial charge >= 0.3 is 0 Å². The summed E-state index contributed by atoms with van der Waals surface area (Å²) in [5, 5.41) is 0. The average Bonchev–Trinajstić information content (AvgIpc) is 3.03. The van der Waals surface area contributed by atoms with Crippen molar-refractivity contribution < 1.29 is 9.69 Å². The van der Waals surface area contributed by atoms with Crippen LogP contribution in [0.25, 0.3) is 11.1 Å². The molecule has 1 aliphatic heterocycles. The van der Waals surface area contributed by atoms with Gasteiger partial charge in [0, 0.05) is 12.0 Å². The molecule has 2 aliphatic rings. The van der Waals surface area contributed by atoms with Gasteiger partial charge in [-0.05, 0) is 66.8 Å². The SMILES string of the molecule is O=C(CCCC[NH+]1CCCCC1)c1ccc2c(c1)Cc1ccccc1-2. The quantitative estimate of drug-likeness (QED) is 0.539. The first kappa shape index (κ1) is 16.5. The number of likely N-dealkylation sites (tertiary alicyclic amines) is 1. The van der Waals surface area contributed by atoms with Gasteiger partial charge in [0.15, 0.2) is 5.78 Å². The molecule has 0 bridgehead atoms. The van der Waals surface area contributed by atoms with E-state index in [2.05, 4.69) is 36.4 Å². The lowest BCUT2D eigenvalue weighted by molar-refractivity contribution is -0.905. The Balaban J connectivity index is 1.32. The molecule has 4 rings (SSSR count). The molecule has 1 fully saturated rings. The van der Waals surface area contributed by atoms with E-state index in [1.807, 2.05) is 6.07 Å². The van der Waals surface area contributed by atoms with Crippen LogP contribution in [0.3, 0.4) is 0 Å². The van der Waals surface area contributed by atoms with Crippen molar-refractivity contribution in [1.82, 2.24) is 0 Å². The fourth-order valence-corrected chi connectivity index (χ4v) is 4.43. The van der Waals surface area contributed by atoms with Gasteiger partial charge in [0.2, 0.25) is 0 Å². The molecule has 0 saturated carbocycles. The van der Waals surface area contributed by atoms with Crippen LogP contribution in [0.4, 0.5) is 0 Å². The molecule has 2 aromatic carbocycles. The highest BCUT2D eigenvalue weighted by atomic mass is 16.1. The van der Waals surface area contributed by atoms with Crippen LogP contribution < -0.4 is 4.90 Å². The summed E-state index contributed by atoms with van der Waals surface area (Å²) in [7, 11) is 0. The first-order chi connectivity index (χ1) is 12.3. The minimum atomic E-state index is 0.312. The molecule has 130 valence electrons. The van der Waals surface area contributed by atoms with Crippen LogP contribution in [0.1, 0.15) is 60.0 Å². The number of rotatable bonds is 6. The van der Waals surface area contributed by atoms with Gasteiger partial charge in [-0.1, -0.05) is 36.4 Å². The molecule has 0 radical (unpaired) electrons. The van der Waals surface area contributed by atoms with E-state index in [1.54, 1.807) is 4.90 Å². The van der Waals surface area contributed by atoms with Crippen LogP contribution >= 0.6 is 0 Å². The molecule has 2 nitrogen and oxygen atoms in total. The first-order valence-electron chi connectivity index (χ1n) is 9.89.